The maximum absolute atomic E-state index is 10.7. The molecule has 0 aromatic carbocycles. The zero-order chi connectivity index (χ0) is 8.53. The van der Waals surface area contributed by atoms with Gasteiger partial charge in [-0.1, -0.05) is 0 Å². The zero-order valence-electron chi connectivity index (χ0n) is 6.63. The van der Waals surface area contributed by atoms with Gasteiger partial charge in [-0.25, -0.2) is 0 Å². The highest BCUT2D eigenvalue weighted by Gasteiger charge is 1.96. The molecule has 0 radical (unpaired) electrons. The first-order valence-corrected chi connectivity index (χ1v) is 3.50. The number of carbonyl (C=O) groups is 2. The molecule has 0 bridgehead atoms. The van der Waals surface area contributed by atoms with Crippen molar-refractivity contribution in [2.75, 3.05) is 20.3 Å². The molecular formula is C7H13NO3. The van der Waals surface area contributed by atoms with Crippen molar-refractivity contribution in [2.45, 2.75) is 12.8 Å². The molecule has 0 aliphatic carbocycles. The molecule has 64 valence electrons. The average Bonchev–Trinajstić information content (AvgIpc) is 1.99. The third-order valence-corrected chi connectivity index (χ3v) is 1.10. The van der Waals surface area contributed by atoms with Gasteiger partial charge in [-0.05, 0) is 6.42 Å². The number of unbranched alkanes of at least 4 members (excludes halogenated alkanes) is 1. The Balaban J connectivity index is 3.10. The molecule has 0 aromatic heterocycles. The summed E-state index contributed by atoms with van der Waals surface area (Å²) in [6.45, 7) is 0.627. The molecule has 0 heterocycles. The number of amides is 1. The third kappa shape index (κ3) is 6.99. The lowest BCUT2D eigenvalue weighted by molar-refractivity contribution is -0.124. The summed E-state index contributed by atoms with van der Waals surface area (Å²) >= 11 is 0. The van der Waals surface area contributed by atoms with E-state index in [0.29, 0.717) is 19.4 Å². The van der Waals surface area contributed by atoms with E-state index in [0.717, 1.165) is 6.29 Å². The minimum Gasteiger partial charge on any atom is -0.375 e. The molecule has 1 N–H and O–H groups in total. The molecule has 0 aliphatic heterocycles. The van der Waals surface area contributed by atoms with Gasteiger partial charge in [0, 0.05) is 20.1 Å². The van der Waals surface area contributed by atoms with E-state index in [9.17, 15) is 9.59 Å². The van der Waals surface area contributed by atoms with Crippen LogP contribution in [0.3, 0.4) is 0 Å². The van der Waals surface area contributed by atoms with E-state index in [-0.39, 0.29) is 12.5 Å². The highest BCUT2D eigenvalue weighted by atomic mass is 16.5. The molecule has 0 spiro atoms. The molecule has 0 atom stereocenters. The first-order valence-electron chi connectivity index (χ1n) is 3.50. The number of nitrogens with one attached hydrogen (secondary N) is 1. The fourth-order valence-electron chi connectivity index (χ4n) is 0.595. The average molecular weight is 159 g/mol. The second-order valence-corrected chi connectivity index (χ2v) is 2.09. The highest BCUT2D eigenvalue weighted by Crippen LogP contribution is 1.80. The van der Waals surface area contributed by atoms with Crippen molar-refractivity contribution in [1.82, 2.24) is 5.32 Å². The number of methoxy groups -OCH3 is 1. The van der Waals surface area contributed by atoms with Gasteiger partial charge in [-0.3, -0.25) is 4.79 Å². The van der Waals surface area contributed by atoms with E-state index in [1.165, 1.54) is 7.11 Å². The number of ether oxygens (including phenoxy) is 1. The maximum atomic E-state index is 10.7. The number of hydrogen-bond acceptors (Lipinski definition) is 3. The molecular weight excluding hydrogens is 146 g/mol. The largest absolute Gasteiger partial charge is 0.375 e. The summed E-state index contributed by atoms with van der Waals surface area (Å²) in [6, 6.07) is 0. The van der Waals surface area contributed by atoms with Crippen LogP contribution in [0.5, 0.6) is 0 Å². The second-order valence-electron chi connectivity index (χ2n) is 2.09. The molecule has 1 amide bonds. The first kappa shape index (κ1) is 10.1. The predicted octanol–water partition coefficient (Wildman–Crippen LogP) is -0.272. The van der Waals surface area contributed by atoms with Crippen LogP contribution < -0.4 is 5.32 Å². The van der Waals surface area contributed by atoms with E-state index < -0.39 is 0 Å². The van der Waals surface area contributed by atoms with Crippen molar-refractivity contribution in [3.63, 3.8) is 0 Å². The molecule has 11 heavy (non-hydrogen) atoms. The summed E-state index contributed by atoms with van der Waals surface area (Å²) in [6.07, 6.45) is 2.02. The van der Waals surface area contributed by atoms with Gasteiger partial charge < -0.3 is 14.8 Å². The van der Waals surface area contributed by atoms with Crippen LogP contribution in [-0.2, 0) is 14.3 Å². The molecule has 0 saturated heterocycles. The van der Waals surface area contributed by atoms with Crippen molar-refractivity contribution in [2.24, 2.45) is 0 Å². The molecule has 0 aromatic rings. The Labute approximate surface area is 65.9 Å². The minimum absolute atomic E-state index is 0.0844. The molecule has 4 nitrogen and oxygen atoms in total. The van der Waals surface area contributed by atoms with Crippen LogP contribution in [0.25, 0.3) is 0 Å². The number of carbonyl (C=O) groups excluding carboxylic acids is 2. The van der Waals surface area contributed by atoms with Crippen LogP contribution in [-0.4, -0.2) is 32.5 Å². The first-order chi connectivity index (χ1) is 5.31. The van der Waals surface area contributed by atoms with Gasteiger partial charge in [0.2, 0.25) is 5.91 Å². The van der Waals surface area contributed by atoms with Gasteiger partial charge in [-0.2, -0.15) is 0 Å². The zero-order valence-corrected chi connectivity index (χ0v) is 6.63. The standard InChI is InChI=1S/C7H13NO3/c1-11-6-7(10)8-4-2-3-5-9/h5H,2-4,6H2,1H3,(H,8,10). The van der Waals surface area contributed by atoms with Crippen molar-refractivity contribution < 1.29 is 14.3 Å². The molecule has 4 heteroatoms. The van der Waals surface area contributed by atoms with Crippen LogP contribution in [0.1, 0.15) is 12.8 Å². The Kier molecular flexibility index (Phi) is 6.62. The summed E-state index contributed by atoms with van der Waals surface area (Å²) in [5.74, 6) is -0.140. The van der Waals surface area contributed by atoms with Crippen LogP contribution in [0, 0.1) is 0 Å². The van der Waals surface area contributed by atoms with Gasteiger partial charge >= 0.3 is 0 Å². The number of hydrogen-bond donors (Lipinski definition) is 1. The van der Waals surface area contributed by atoms with Crippen molar-refractivity contribution in [3.05, 3.63) is 0 Å². The molecule has 0 unspecified atom stereocenters. The molecule has 0 aliphatic rings. The topological polar surface area (TPSA) is 55.4 Å². The Morgan fingerprint density at radius 3 is 2.91 bits per heavy atom. The SMILES string of the molecule is COCC(=O)NCCCC=O. The Morgan fingerprint density at radius 2 is 2.36 bits per heavy atom. The number of rotatable bonds is 6. The van der Waals surface area contributed by atoms with Crippen LogP contribution in [0.4, 0.5) is 0 Å². The Hall–Kier alpha value is -0.900. The molecule has 0 saturated carbocycles. The third-order valence-electron chi connectivity index (χ3n) is 1.10. The quantitative estimate of drug-likeness (QED) is 0.428. The van der Waals surface area contributed by atoms with Gasteiger partial charge in [0.25, 0.3) is 0 Å². The summed E-state index contributed by atoms with van der Waals surface area (Å²) in [5, 5.41) is 2.60. The fraction of sp³-hybridized carbons (Fsp3) is 0.714. The lowest BCUT2D eigenvalue weighted by atomic mass is 10.3. The lowest BCUT2D eigenvalue weighted by Crippen LogP contribution is -2.27. The van der Waals surface area contributed by atoms with Gasteiger partial charge in [-0.15, -0.1) is 0 Å². The second kappa shape index (κ2) is 7.21. The number of aldehydes is 1. The van der Waals surface area contributed by atoms with Crippen LogP contribution >= 0.6 is 0 Å². The van der Waals surface area contributed by atoms with E-state index in [2.05, 4.69) is 10.1 Å². The summed E-state index contributed by atoms with van der Waals surface area (Å²) in [7, 11) is 1.46. The van der Waals surface area contributed by atoms with Crippen molar-refractivity contribution >= 4 is 12.2 Å². The summed E-state index contributed by atoms with van der Waals surface area (Å²) in [4.78, 5) is 20.5. The summed E-state index contributed by atoms with van der Waals surface area (Å²) < 4.78 is 4.58. The van der Waals surface area contributed by atoms with E-state index in [4.69, 9.17) is 0 Å². The normalized spacial score (nSPS) is 9.18. The minimum atomic E-state index is -0.140. The van der Waals surface area contributed by atoms with Gasteiger partial charge in [0.1, 0.15) is 12.9 Å². The Morgan fingerprint density at radius 1 is 1.64 bits per heavy atom. The van der Waals surface area contributed by atoms with Crippen molar-refractivity contribution in [3.8, 4) is 0 Å². The molecule has 0 fully saturated rings. The van der Waals surface area contributed by atoms with Crippen LogP contribution in [0.15, 0.2) is 0 Å². The smallest absolute Gasteiger partial charge is 0.245 e. The maximum Gasteiger partial charge on any atom is 0.245 e. The molecule has 0 rings (SSSR count). The Bertz CT molecular complexity index is 125. The predicted molar refractivity (Wildman–Crippen MR) is 40.2 cm³/mol. The van der Waals surface area contributed by atoms with E-state index in [1.54, 1.807) is 0 Å². The van der Waals surface area contributed by atoms with E-state index >= 15 is 0 Å². The van der Waals surface area contributed by atoms with Crippen LogP contribution in [0.2, 0.25) is 0 Å². The van der Waals surface area contributed by atoms with Crippen molar-refractivity contribution in [1.29, 1.82) is 0 Å². The highest BCUT2D eigenvalue weighted by molar-refractivity contribution is 5.77. The monoisotopic (exact) mass is 159 g/mol. The van der Waals surface area contributed by atoms with Gasteiger partial charge in [0.05, 0.1) is 0 Å². The summed E-state index contributed by atoms with van der Waals surface area (Å²) in [5.41, 5.74) is 0. The van der Waals surface area contributed by atoms with E-state index in [1.807, 2.05) is 0 Å². The fourth-order valence-corrected chi connectivity index (χ4v) is 0.595. The van der Waals surface area contributed by atoms with Gasteiger partial charge in [0.15, 0.2) is 0 Å². The lowest BCUT2D eigenvalue weighted by Gasteiger charge is -2.01.